The van der Waals surface area contributed by atoms with Crippen LogP contribution in [0.15, 0.2) is 4.79 Å². The van der Waals surface area contributed by atoms with Gasteiger partial charge in [0.25, 0.3) is 0 Å². The number of H-pyrrole nitrogens is 1. The molecule has 0 bridgehead atoms. The van der Waals surface area contributed by atoms with Gasteiger partial charge in [-0.15, -0.1) is 0 Å². The van der Waals surface area contributed by atoms with Gasteiger partial charge in [0.1, 0.15) is 5.82 Å². The molecule has 2 heterocycles. The molecule has 0 aliphatic rings. The van der Waals surface area contributed by atoms with Crippen LogP contribution in [-0.4, -0.2) is 19.4 Å². The Hall–Kier alpha value is -1.85. The molecule has 13 heavy (non-hydrogen) atoms. The highest BCUT2D eigenvalue weighted by atomic mass is 16.1. The maximum atomic E-state index is 11.4. The highest BCUT2D eigenvalue weighted by Crippen LogP contribution is 2.06. The van der Waals surface area contributed by atoms with Gasteiger partial charge in [0.05, 0.1) is 5.69 Å². The number of aromatic amines is 1. The number of nitrogens with one attached hydrogen (secondary N) is 1. The van der Waals surface area contributed by atoms with E-state index in [1.165, 1.54) is 4.40 Å². The molecule has 2 aromatic rings. The maximum absolute atomic E-state index is 11.4. The van der Waals surface area contributed by atoms with Crippen LogP contribution < -0.4 is 11.4 Å². The minimum Gasteiger partial charge on any atom is -0.369 e. The molecule has 0 saturated heterocycles. The van der Waals surface area contributed by atoms with E-state index in [2.05, 4.69) is 15.0 Å². The van der Waals surface area contributed by atoms with Crippen molar-refractivity contribution in [2.45, 2.75) is 13.8 Å². The molecule has 3 N–H and O–H groups in total. The summed E-state index contributed by atoms with van der Waals surface area (Å²) in [5.41, 5.74) is 6.31. The number of imidazole rings is 1. The van der Waals surface area contributed by atoms with Gasteiger partial charge in [0.15, 0.2) is 5.65 Å². The molecular weight excluding hydrogens is 170 g/mol. The molecule has 2 rings (SSSR count). The Morgan fingerprint density at radius 2 is 2.08 bits per heavy atom. The molecule has 2 aromatic heterocycles. The monoisotopic (exact) mass is 179 g/mol. The van der Waals surface area contributed by atoms with E-state index in [0.29, 0.717) is 17.2 Å². The van der Waals surface area contributed by atoms with Crippen LogP contribution in [0.1, 0.15) is 11.5 Å². The first-order valence-corrected chi connectivity index (χ1v) is 3.81. The van der Waals surface area contributed by atoms with Crippen LogP contribution in [0.2, 0.25) is 0 Å². The average molecular weight is 179 g/mol. The Balaban J connectivity index is 3.06. The van der Waals surface area contributed by atoms with Gasteiger partial charge >= 0.3 is 5.69 Å². The Kier molecular flexibility index (Phi) is 1.39. The minimum absolute atomic E-state index is 0.112. The molecule has 0 aliphatic carbocycles. The molecule has 0 aromatic carbocycles. The third-order valence-electron chi connectivity index (χ3n) is 1.85. The van der Waals surface area contributed by atoms with Crippen molar-refractivity contribution in [2.75, 3.05) is 5.73 Å². The van der Waals surface area contributed by atoms with Crippen molar-refractivity contribution in [3.8, 4) is 0 Å². The normalized spacial score (nSPS) is 10.9. The summed E-state index contributed by atoms with van der Waals surface area (Å²) in [7, 11) is 0. The Labute approximate surface area is 73.4 Å². The number of aromatic nitrogens is 4. The molecule has 68 valence electrons. The van der Waals surface area contributed by atoms with Crippen LogP contribution in [0.3, 0.4) is 0 Å². The van der Waals surface area contributed by atoms with E-state index >= 15 is 0 Å². The number of hydrogen-bond acceptors (Lipinski definition) is 4. The second-order valence-corrected chi connectivity index (χ2v) is 2.83. The molecule has 6 heteroatoms. The maximum Gasteiger partial charge on any atom is 0.335 e. The van der Waals surface area contributed by atoms with E-state index in [9.17, 15) is 4.79 Å². The van der Waals surface area contributed by atoms with Crippen LogP contribution in [-0.2, 0) is 0 Å². The van der Waals surface area contributed by atoms with Gasteiger partial charge in [-0.3, -0.25) is 4.98 Å². The molecule has 0 amide bonds. The van der Waals surface area contributed by atoms with Crippen molar-refractivity contribution in [3.63, 3.8) is 0 Å². The topological polar surface area (TPSA) is 89.1 Å². The number of rotatable bonds is 0. The van der Waals surface area contributed by atoms with E-state index in [0.717, 1.165) is 0 Å². The fourth-order valence-electron chi connectivity index (χ4n) is 1.34. The smallest absolute Gasteiger partial charge is 0.335 e. The third-order valence-corrected chi connectivity index (χ3v) is 1.85. The van der Waals surface area contributed by atoms with E-state index in [-0.39, 0.29) is 11.6 Å². The second kappa shape index (κ2) is 2.32. The van der Waals surface area contributed by atoms with E-state index < -0.39 is 0 Å². The van der Waals surface area contributed by atoms with E-state index in [1.807, 2.05) is 0 Å². The standard InChI is InChI=1S/C7H9N5O/c1-3-5-10-6(8)11-7(13)12(5)4(2)9-3/h1-2H3,(H3,8,10,11,13). The van der Waals surface area contributed by atoms with E-state index in [4.69, 9.17) is 5.73 Å². The van der Waals surface area contributed by atoms with Gasteiger partial charge in [0.2, 0.25) is 5.95 Å². The largest absolute Gasteiger partial charge is 0.369 e. The van der Waals surface area contributed by atoms with Crippen molar-refractivity contribution in [1.82, 2.24) is 19.4 Å². The Bertz CT molecular complexity index is 523. The van der Waals surface area contributed by atoms with Gasteiger partial charge in [-0.2, -0.15) is 4.98 Å². The summed E-state index contributed by atoms with van der Waals surface area (Å²) in [5.74, 6) is 0.724. The van der Waals surface area contributed by atoms with Crippen LogP contribution in [0.4, 0.5) is 5.95 Å². The molecule has 6 nitrogen and oxygen atoms in total. The number of nitrogen functional groups attached to an aromatic ring is 1. The average Bonchev–Trinajstić information content (AvgIpc) is 2.27. The first-order valence-electron chi connectivity index (χ1n) is 3.81. The first kappa shape index (κ1) is 7.78. The third kappa shape index (κ3) is 0.986. The van der Waals surface area contributed by atoms with Crippen molar-refractivity contribution in [3.05, 3.63) is 22.0 Å². The van der Waals surface area contributed by atoms with Crippen LogP contribution in [0.5, 0.6) is 0 Å². The van der Waals surface area contributed by atoms with Crippen molar-refractivity contribution < 1.29 is 0 Å². The van der Waals surface area contributed by atoms with Crippen molar-refractivity contribution in [2.24, 2.45) is 0 Å². The van der Waals surface area contributed by atoms with Gasteiger partial charge < -0.3 is 5.73 Å². The zero-order valence-electron chi connectivity index (χ0n) is 7.33. The summed E-state index contributed by atoms with van der Waals surface area (Å²) < 4.78 is 1.39. The minimum atomic E-state index is -0.305. The zero-order chi connectivity index (χ0) is 9.59. The summed E-state index contributed by atoms with van der Waals surface area (Å²) >= 11 is 0. The predicted molar refractivity (Wildman–Crippen MR) is 47.5 cm³/mol. The lowest BCUT2D eigenvalue weighted by atomic mass is 10.5. The summed E-state index contributed by atoms with van der Waals surface area (Å²) in [5, 5.41) is 0. The highest BCUT2D eigenvalue weighted by Gasteiger charge is 2.08. The van der Waals surface area contributed by atoms with Crippen molar-refractivity contribution in [1.29, 1.82) is 0 Å². The Morgan fingerprint density at radius 3 is 2.77 bits per heavy atom. The van der Waals surface area contributed by atoms with Gasteiger partial charge in [-0.1, -0.05) is 0 Å². The molecule has 0 saturated carbocycles. The summed E-state index contributed by atoms with van der Waals surface area (Å²) in [6.07, 6.45) is 0. The van der Waals surface area contributed by atoms with Crippen LogP contribution >= 0.6 is 0 Å². The predicted octanol–water partition coefficient (Wildman–Crippen LogP) is -0.383. The molecule has 0 radical (unpaired) electrons. The molecule has 0 unspecified atom stereocenters. The molecule has 0 fully saturated rings. The highest BCUT2D eigenvalue weighted by molar-refractivity contribution is 5.46. The first-order chi connectivity index (χ1) is 6.09. The van der Waals surface area contributed by atoms with Gasteiger partial charge in [-0.05, 0) is 13.8 Å². The fourth-order valence-corrected chi connectivity index (χ4v) is 1.34. The molecule has 0 aliphatic heterocycles. The van der Waals surface area contributed by atoms with Crippen LogP contribution in [0.25, 0.3) is 5.65 Å². The Morgan fingerprint density at radius 1 is 1.38 bits per heavy atom. The lowest BCUT2D eigenvalue weighted by Gasteiger charge is -1.95. The lowest BCUT2D eigenvalue weighted by molar-refractivity contribution is 0.916. The SMILES string of the molecule is Cc1nc(C)n2c(=O)[nH]c(N)nc12. The zero-order valence-corrected chi connectivity index (χ0v) is 7.33. The summed E-state index contributed by atoms with van der Waals surface area (Å²) in [6.45, 7) is 3.53. The number of nitrogens with two attached hydrogens (primary N) is 1. The number of nitrogens with zero attached hydrogens (tertiary/aromatic N) is 3. The summed E-state index contributed by atoms with van der Waals surface area (Å²) in [6, 6.07) is 0. The summed E-state index contributed by atoms with van der Waals surface area (Å²) in [4.78, 5) is 21.9. The molecular formula is C7H9N5O. The second-order valence-electron chi connectivity index (χ2n) is 2.83. The number of aryl methyl sites for hydroxylation is 2. The number of hydrogen-bond donors (Lipinski definition) is 2. The molecule has 0 atom stereocenters. The number of fused-ring (bicyclic) bond motifs is 1. The van der Waals surface area contributed by atoms with Crippen LogP contribution in [0, 0.1) is 13.8 Å². The van der Waals surface area contributed by atoms with Crippen molar-refractivity contribution >= 4 is 11.6 Å². The molecule has 0 spiro atoms. The quantitative estimate of drug-likeness (QED) is 0.576. The van der Waals surface area contributed by atoms with Gasteiger partial charge in [-0.25, -0.2) is 14.2 Å². The number of anilines is 1. The lowest BCUT2D eigenvalue weighted by Crippen LogP contribution is -2.20. The van der Waals surface area contributed by atoms with Gasteiger partial charge in [0, 0.05) is 0 Å². The fraction of sp³-hybridized carbons (Fsp3) is 0.286. The van der Waals surface area contributed by atoms with E-state index in [1.54, 1.807) is 13.8 Å².